The van der Waals surface area contributed by atoms with E-state index in [1.165, 1.54) is 7.11 Å². The lowest BCUT2D eigenvalue weighted by Crippen LogP contribution is -2.44. The van der Waals surface area contributed by atoms with Crippen LogP contribution in [0.2, 0.25) is 18.1 Å². The number of hydrogen-bond acceptors (Lipinski definition) is 3. The highest BCUT2D eigenvalue weighted by Gasteiger charge is 2.39. The Morgan fingerprint density at radius 3 is 2.19 bits per heavy atom. The van der Waals surface area contributed by atoms with E-state index in [1.54, 1.807) is 0 Å². The molecule has 0 saturated heterocycles. The van der Waals surface area contributed by atoms with E-state index >= 15 is 0 Å². The predicted molar refractivity (Wildman–Crippen MR) is 72.5 cm³/mol. The van der Waals surface area contributed by atoms with E-state index in [0.29, 0.717) is 11.8 Å². The summed E-state index contributed by atoms with van der Waals surface area (Å²) in [7, 11) is -0.404. The second kappa shape index (κ2) is 6.17. The molecule has 0 spiro atoms. The predicted octanol–water partition coefficient (Wildman–Crippen LogP) is 3.33. The Kier molecular flexibility index (Phi) is 6.21. The van der Waals surface area contributed by atoms with Crippen LogP contribution in [0.3, 0.4) is 0 Å². The number of esters is 1. The number of hydrogen-bond donors (Lipinski definition) is 0. The minimum Gasteiger partial charge on any atom is -0.469 e. The van der Waals surface area contributed by atoms with Crippen molar-refractivity contribution in [3.05, 3.63) is 0 Å². The molecule has 0 saturated carbocycles. The zero-order chi connectivity index (χ0) is 13.0. The van der Waals surface area contributed by atoms with E-state index in [4.69, 9.17) is 4.43 Å². The highest BCUT2D eigenvalue weighted by Crippen LogP contribution is 2.37. The molecule has 0 heterocycles. The first-order valence-electron chi connectivity index (χ1n) is 5.44. The fourth-order valence-electron chi connectivity index (χ4n) is 0.990. The van der Waals surface area contributed by atoms with Crippen LogP contribution in [0.5, 0.6) is 0 Å². The first kappa shape index (κ1) is 16.1. The normalized spacial score (nSPS) is 14.7. The molecule has 0 radical (unpaired) electrons. The molecule has 0 aliphatic heterocycles. The number of carbonyl (C=O) groups excluding carboxylic acids is 1. The van der Waals surface area contributed by atoms with E-state index in [0.717, 1.165) is 0 Å². The summed E-state index contributed by atoms with van der Waals surface area (Å²) in [5, 5.41) is 0.818. The van der Waals surface area contributed by atoms with E-state index in [9.17, 15) is 4.79 Å². The quantitative estimate of drug-likeness (QED) is 0.444. The third-order valence-corrected chi connectivity index (χ3v) is 8.32. The first-order chi connectivity index (χ1) is 7.14. The zero-order valence-electron chi connectivity index (χ0n) is 11.1. The maximum Gasteiger partial charge on any atom is 0.308 e. The standard InChI is InChI=1S/C11H23BrO3Si/c1-11(2,3)16(5,6)15-9(8-12)7-10(13)14-4/h9H,7-8H2,1-6H3. The van der Waals surface area contributed by atoms with Gasteiger partial charge in [-0.25, -0.2) is 0 Å². The Balaban J connectivity index is 4.48. The third-order valence-electron chi connectivity index (χ3n) is 3.06. The maximum absolute atomic E-state index is 11.2. The second-order valence-corrected chi connectivity index (χ2v) is 10.8. The van der Waals surface area contributed by atoms with Gasteiger partial charge in [-0.2, -0.15) is 0 Å². The van der Waals surface area contributed by atoms with Gasteiger partial charge in [-0.3, -0.25) is 4.79 Å². The van der Waals surface area contributed by atoms with Gasteiger partial charge < -0.3 is 9.16 Å². The van der Waals surface area contributed by atoms with Crippen molar-refractivity contribution >= 4 is 30.2 Å². The van der Waals surface area contributed by atoms with Crippen LogP contribution >= 0.6 is 15.9 Å². The topological polar surface area (TPSA) is 35.5 Å². The van der Waals surface area contributed by atoms with Crippen LogP contribution in [0.1, 0.15) is 27.2 Å². The lowest BCUT2D eigenvalue weighted by atomic mass is 10.2. The smallest absolute Gasteiger partial charge is 0.308 e. The Bertz CT molecular complexity index is 236. The summed E-state index contributed by atoms with van der Waals surface area (Å²) in [6.07, 6.45) is 0.224. The van der Waals surface area contributed by atoms with Crippen LogP contribution in [0.4, 0.5) is 0 Å². The van der Waals surface area contributed by atoms with E-state index in [-0.39, 0.29) is 17.1 Å². The monoisotopic (exact) mass is 310 g/mol. The molecule has 0 aliphatic carbocycles. The molecule has 0 fully saturated rings. The zero-order valence-corrected chi connectivity index (χ0v) is 13.7. The molecule has 0 aliphatic rings. The SMILES string of the molecule is COC(=O)CC(CBr)O[Si](C)(C)C(C)(C)C. The molecule has 1 atom stereocenters. The third kappa shape index (κ3) is 4.97. The summed E-state index contributed by atoms with van der Waals surface area (Å²) in [5.41, 5.74) is 0. The molecule has 0 aromatic rings. The van der Waals surface area contributed by atoms with Crippen LogP contribution in [-0.4, -0.2) is 32.8 Å². The molecule has 0 rings (SSSR count). The number of rotatable bonds is 5. The lowest BCUT2D eigenvalue weighted by molar-refractivity contribution is -0.142. The summed E-state index contributed by atoms with van der Waals surface area (Å²) in [4.78, 5) is 11.2. The van der Waals surface area contributed by atoms with Crippen LogP contribution in [0.25, 0.3) is 0 Å². The summed E-state index contributed by atoms with van der Waals surface area (Å²) < 4.78 is 10.8. The van der Waals surface area contributed by atoms with Crippen LogP contribution in [-0.2, 0) is 14.0 Å². The summed E-state index contributed by atoms with van der Waals surface area (Å²) in [6.45, 7) is 10.9. The molecular weight excluding hydrogens is 288 g/mol. The Morgan fingerprint density at radius 1 is 1.38 bits per heavy atom. The molecule has 16 heavy (non-hydrogen) atoms. The molecular formula is C11H23BrO3Si. The summed E-state index contributed by atoms with van der Waals surface area (Å²) in [5.74, 6) is -0.219. The molecule has 3 nitrogen and oxygen atoms in total. The van der Waals surface area contributed by atoms with Gasteiger partial charge in [0.15, 0.2) is 8.32 Å². The number of methoxy groups -OCH3 is 1. The van der Waals surface area contributed by atoms with Crippen molar-refractivity contribution in [2.75, 3.05) is 12.4 Å². The highest BCUT2D eigenvalue weighted by molar-refractivity contribution is 9.09. The van der Waals surface area contributed by atoms with Gasteiger partial charge in [0, 0.05) is 5.33 Å². The van der Waals surface area contributed by atoms with Crippen LogP contribution < -0.4 is 0 Å². The van der Waals surface area contributed by atoms with Gasteiger partial charge in [-0.05, 0) is 18.1 Å². The van der Waals surface area contributed by atoms with Crippen molar-refractivity contribution in [3.8, 4) is 0 Å². The van der Waals surface area contributed by atoms with E-state index < -0.39 is 8.32 Å². The van der Waals surface area contributed by atoms with Crippen LogP contribution in [0.15, 0.2) is 0 Å². The Labute approximate surface area is 108 Å². The van der Waals surface area contributed by atoms with Gasteiger partial charge in [-0.1, -0.05) is 36.7 Å². The van der Waals surface area contributed by atoms with Crippen molar-refractivity contribution in [2.24, 2.45) is 0 Å². The van der Waals surface area contributed by atoms with Gasteiger partial charge in [-0.15, -0.1) is 0 Å². The Hall–Kier alpha value is 0.127. The van der Waals surface area contributed by atoms with Crippen LogP contribution in [0, 0.1) is 0 Å². The Morgan fingerprint density at radius 2 is 1.88 bits per heavy atom. The number of alkyl halides is 1. The molecule has 0 amide bonds. The van der Waals surface area contributed by atoms with Crippen molar-refractivity contribution in [2.45, 2.75) is 51.4 Å². The maximum atomic E-state index is 11.2. The molecule has 1 unspecified atom stereocenters. The van der Waals surface area contributed by atoms with Crippen molar-refractivity contribution < 1.29 is 14.0 Å². The fraction of sp³-hybridized carbons (Fsp3) is 0.909. The highest BCUT2D eigenvalue weighted by atomic mass is 79.9. The van der Waals surface area contributed by atoms with E-state index in [1.807, 2.05) is 0 Å². The van der Waals surface area contributed by atoms with Crippen molar-refractivity contribution in [3.63, 3.8) is 0 Å². The number of halogens is 1. The second-order valence-electron chi connectivity index (χ2n) is 5.43. The van der Waals surface area contributed by atoms with Gasteiger partial charge >= 0.3 is 5.97 Å². The van der Waals surface area contributed by atoms with Gasteiger partial charge in [0.1, 0.15) is 0 Å². The lowest BCUT2D eigenvalue weighted by Gasteiger charge is -2.38. The van der Waals surface area contributed by atoms with E-state index in [2.05, 4.69) is 54.5 Å². The van der Waals surface area contributed by atoms with Gasteiger partial charge in [0.05, 0.1) is 19.6 Å². The van der Waals surface area contributed by atoms with Crippen molar-refractivity contribution in [1.29, 1.82) is 0 Å². The minimum atomic E-state index is -1.81. The largest absolute Gasteiger partial charge is 0.469 e. The van der Waals surface area contributed by atoms with Crippen molar-refractivity contribution in [1.82, 2.24) is 0 Å². The fourth-order valence-corrected chi connectivity index (χ4v) is 2.95. The number of ether oxygens (including phenoxy) is 1. The summed E-state index contributed by atoms with van der Waals surface area (Å²) >= 11 is 3.38. The number of carbonyl (C=O) groups is 1. The molecule has 0 bridgehead atoms. The average molecular weight is 311 g/mol. The molecule has 0 aromatic heterocycles. The first-order valence-corrected chi connectivity index (χ1v) is 9.47. The molecule has 5 heteroatoms. The van der Waals surface area contributed by atoms with Gasteiger partial charge in [0.25, 0.3) is 0 Å². The van der Waals surface area contributed by atoms with Gasteiger partial charge in [0.2, 0.25) is 0 Å². The molecule has 0 N–H and O–H groups in total. The summed E-state index contributed by atoms with van der Waals surface area (Å²) in [6, 6.07) is 0. The molecule has 0 aromatic carbocycles. The molecule has 96 valence electrons. The minimum absolute atomic E-state index is 0.0895. The average Bonchev–Trinajstić information content (AvgIpc) is 2.14.